The number of nitrogens with zero attached hydrogens (tertiary/aromatic N) is 2. The Morgan fingerprint density at radius 2 is 2.21 bits per heavy atom. The Balaban J connectivity index is 1.94. The quantitative estimate of drug-likeness (QED) is 0.600. The zero-order valence-corrected chi connectivity index (χ0v) is 14.0. The Bertz CT molecular complexity index is 970. The molecular weight excluding hydrogens is 322 g/mol. The van der Waals surface area contributed by atoms with Crippen molar-refractivity contribution in [1.82, 2.24) is 9.38 Å². The van der Waals surface area contributed by atoms with E-state index < -0.39 is 0 Å². The molecule has 122 valence electrons. The molecule has 0 unspecified atom stereocenters. The van der Waals surface area contributed by atoms with Crippen LogP contribution in [0.5, 0.6) is 5.75 Å². The van der Waals surface area contributed by atoms with Crippen LogP contribution in [0.1, 0.15) is 5.69 Å². The van der Waals surface area contributed by atoms with Gasteiger partial charge in [0.05, 0.1) is 24.8 Å². The highest BCUT2D eigenvalue weighted by molar-refractivity contribution is 7.15. The second kappa shape index (κ2) is 6.14. The van der Waals surface area contributed by atoms with Crippen LogP contribution in [0.4, 0.5) is 0 Å². The summed E-state index contributed by atoms with van der Waals surface area (Å²) in [5, 5.41) is 2.07. The minimum atomic E-state index is 0.554. The summed E-state index contributed by atoms with van der Waals surface area (Å²) in [7, 11) is 1.67. The molecule has 4 aromatic rings. The van der Waals surface area contributed by atoms with Gasteiger partial charge in [0.2, 0.25) is 0 Å². The minimum Gasteiger partial charge on any atom is -0.497 e. The number of methoxy groups -OCH3 is 1. The molecule has 0 saturated carbocycles. The SMILES string of the molecule is COc1cccc(-c2nc3scc(-c4ccco4)n3c2CCN)c1. The van der Waals surface area contributed by atoms with E-state index in [9.17, 15) is 0 Å². The van der Waals surface area contributed by atoms with Gasteiger partial charge in [-0.15, -0.1) is 11.3 Å². The normalized spacial score (nSPS) is 11.2. The zero-order chi connectivity index (χ0) is 16.5. The maximum absolute atomic E-state index is 5.87. The lowest BCUT2D eigenvalue weighted by Gasteiger charge is -2.06. The van der Waals surface area contributed by atoms with Crippen LogP contribution in [0, 0.1) is 0 Å². The van der Waals surface area contributed by atoms with Gasteiger partial charge in [-0.2, -0.15) is 0 Å². The summed E-state index contributed by atoms with van der Waals surface area (Å²) in [5.41, 5.74) is 9.93. The van der Waals surface area contributed by atoms with Crippen molar-refractivity contribution in [2.24, 2.45) is 5.73 Å². The first kappa shape index (κ1) is 15.0. The monoisotopic (exact) mass is 339 g/mol. The highest BCUT2D eigenvalue weighted by Crippen LogP contribution is 2.34. The van der Waals surface area contributed by atoms with Crippen molar-refractivity contribution in [2.75, 3.05) is 13.7 Å². The van der Waals surface area contributed by atoms with Crippen molar-refractivity contribution in [3.63, 3.8) is 0 Å². The number of nitrogens with two attached hydrogens (primary N) is 1. The molecule has 5 nitrogen and oxygen atoms in total. The molecule has 0 saturated heterocycles. The molecule has 3 aromatic heterocycles. The van der Waals surface area contributed by atoms with Gasteiger partial charge in [0.15, 0.2) is 10.7 Å². The Kier molecular flexibility index (Phi) is 3.84. The highest BCUT2D eigenvalue weighted by Gasteiger charge is 2.19. The Morgan fingerprint density at radius 1 is 1.29 bits per heavy atom. The molecule has 6 heteroatoms. The summed E-state index contributed by atoms with van der Waals surface area (Å²) in [6, 6.07) is 11.8. The molecule has 2 N–H and O–H groups in total. The standard InChI is InChI=1S/C18H17N3O2S/c1-22-13-5-2-4-12(10-13)17-14(7-8-19)21-15(11-24-18(21)20-17)16-6-3-9-23-16/h2-6,9-11H,7-8,19H2,1H3. The van der Waals surface area contributed by atoms with Crippen LogP contribution >= 0.6 is 11.3 Å². The molecule has 0 spiro atoms. The number of hydrogen-bond donors (Lipinski definition) is 1. The van der Waals surface area contributed by atoms with E-state index in [1.165, 1.54) is 0 Å². The third-order valence-electron chi connectivity index (χ3n) is 3.96. The summed E-state index contributed by atoms with van der Waals surface area (Å²) >= 11 is 1.60. The molecule has 0 bridgehead atoms. The van der Waals surface area contributed by atoms with Crippen LogP contribution in [0.2, 0.25) is 0 Å². The fraction of sp³-hybridized carbons (Fsp3) is 0.167. The summed E-state index contributed by atoms with van der Waals surface area (Å²) in [6.45, 7) is 0.554. The molecule has 0 aliphatic rings. The number of thiazole rings is 1. The number of fused-ring (bicyclic) bond motifs is 1. The number of rotatable bonds is 5. The summed E-state index contributed by atoms with van der Waals surface area (Å²) in [6.07, 6.45) is 2.42. The maximum atomic E-state index is 5.87. The first-order valence-electron chi connectivity index (χ1n) is 7.69. The Labute approximate surface area is 143 Å². The maximum Gasteiger partial charge on any atom is 0.195 e. The molecule has 0 amide bonds. The van der Waals surface area contributed by atoms with Crippen LogP contribution in [-0.2, 0) is 6.42 Å². The van der Waals surface area contributed by atoms with Gasteiger partial charge in [-0.1, -0.05) is 12.1 Å². The van der Waals surface area contributed by atoms with Gasteiger partial charge < -0.3 is 14.9 Å². The largest absolute Gasteiger partial charge is 0.497 e. The van der Waals surface area contributed by atoms with Crippen LogP contribution in [-0.4, -0.2) is 23.0 Å². The predicted molar refractivity (Wildman–Crippen MR) is 95.5 cm³/mol. The van der Waals surface area contributed by atoms with Crippen molar-refractivity contribution in [1.29, 1.82) is 0 Å². The molecule has 1 aromatic carbocycles. The van der Waals surface area contributed by atoms with Gasteiger partial charge in [0.1, 0.15) is 11.4 Å². The second-order valence-corrected chi connectivity index (χ2v) is 6.23. The highest BCUT2D eigenvalue weighted by atomic mass is 32.1. The average Bonchev–Trinajstić information content (AvgIpc) is 3.32. The number of aromatic nitrogens is 2. The van der Waals surface area contributed by atoms with Gasteiger partial charge >= 0.3 is 0 Å². The predicted octanol–water partition coefficient (Wildman–Crippen LogP) is 3.83. The zero-order valence-electron chi connectivity index (χ0n) is 13.2. The molecule has 0 aliphatic carbocycles. The lowest BCUT2D eigenvalue weighted by atomic mass is 10.1. The van der Waals surface area contributed by atoms with E-state index in [0.29, 0.717) is 6.54 Å². The minimum absolute atomic E-state index is 0.554. The van der Waals surface area contributed by atoms with Crippen molar-refractivity contribution in [3.05, 3.63) is 53.7 Å². The number of ether oxygens (including phenoxy) is 1. The third-order valence-corrected chi connectivity index (χ3v) is 4.78. The number of imidazole rings is 1. The van der Waals surface area contributed by atoms with E-state index in [4.69, 9.17) is 19.9 Å². The van der Waals surface area contributed by atoms with E-state index in [1.807, 2.05) is 36.4 Å². The van der Waals surface area contributed by atoms with Gasteiger partial charge in [0, 0.05) is 17.4 Å². The van der Waals surface area contributed by atoms with Crippen molar-refractivity contribution in [3.8, 4) is 28.5 Å². The average molecular weight is 339 g/mol. The molecule has 0 fully saturated rings. The summed E-state index contributed by atoms with van der Waals surface area (Å²) < 4.78 is 13.1. The van der Waals surface area contributed by atoms with Gasteiger partial charge in [-0.05, 0) is 30.8 Å². The van der Waals surface area contributed by atoms with Crippen LogP contribution in [0.25, 0.3) is 27.7 Å². The molecule has 0 atom stereocenters. The number of benzene rings is 1. The molecule has 4 rings (SSSR count). The van der Waals surface area contributed by atoms with E-state index in [2.05, 4.69) is 9.78 Å². The van der Waals surface area contributed by atoms with E-state index >= 15 is 0 Å². The molecule has 0 radical (unpaired) electrons. The lowest BCUT2D eigenvalue weighted by Crippen LogP contribution is -2.06. The smallest absolute Gasteiger partial charge is 0.195 e. The number of furan rings is 1. The Hall–Kier alpha value is -2.57. The van der Waals surface area contributed by atoms with Crippen molar-refractivity contribution in [2.45, 2.75) is 6.42 Å². The van der Waals surface area contributed by atoms with Crippen LogP contribution in [0.3, 0.4) is 0 Å². The van der Waals surface area contributed by atoms with Gasteiger partial charge in [-0.25, -0.2) is 4.98 Å². The fourth-order valence-corrected chi connectivity index (χ4v) is 3.78. The topological polar surface area (TPSA) is 65.7 Å². The molecule has 0 aliphatic heterocycles. The Morgan fingerprint density at radius 3 is 2.96 bits per heavy atom. The van der Waals surface area contributed by atoms with E-state index in [0.717, 1.165) is 45.5 Å². The van der Waals surface area contributed by atoms with Gasteiger partial charge in [-0.3, -0.25) is 4.40 Å². The van der Waals surface area contributed by atoms with Gasteiger partial charge in [0.25, 0.3) is 0 Å². The lowest BCUT2D eigenvalue weighted by molar-refractivity contribution is 0.415. The van der Waals surface area contributed by atoms with Crippen LogP contribution < -0.4 is 10.5 Å². The number of hydrogen-bond acceptors (Lipinski definition) is 5. The summed E-state index contributed by atoms with van der Waals surface area (Å²) in [5.74, 6) is 1.64. The molecular formula is C18H17N3O2S. The van der Waals surface area contributed by atoms with E-state index in [-0.39, 0.29) is 0 Å². The fourth-order valence-electron chi connectivity index (χ4n) is 2.88. The second-order valence-electron chi connectivity index (χ2n) is 5.39. The summed E-state index contributed by atoms with van der Waals surface area (Å²) in [4.78, 5) is 5.77. The van der Waals surface area contributed by atoms with Crippen molar-refractivity contribution >= 4 is 16.3 Å². The molecule has 3 heterocycles. The molecule has 24 heavy (non-hydrogen) atoms. The first-order chi connectivity index (χ1) is 11.8. The van der Waals surface area contributed by atoms with Crippen molar-refractivity contribution < 1.29 is 9.15 Å². The third kappa shape index (κ3) is 2.40. The van der Waals surface area contributed by atoms with E-state index in [1.54, 1.807) is 24.7 Å². The first-order valence-corrected chi connectivity index (χ1v) is 8.57. The van der Waals surface area contributed by atoms with Crippen LogP contribution in [0.15, 0.2) is 52.5 Å².